The van der Waals surface area contributed by atoms with E-state index in [1.807, 2.05) is 0 Å². The van der Waals surface area contributed by atoms with E-state index >= 15 is 0 Å². The molecule has 0 unspecified atom stereocenters. The van der Waals surface area contributed by atoms with E-state index in [-0.39, 0.29) is 40.2 Å². The van der Waals surface area contributed by atoms with Crippen LogP contribution in [-0.4, -0.2) is 26.3 Å². The molecule has 0 N–H and O–H groups in total. The Hall–Kier alpha value is 0.160. The minimum absolute atomic E-state index is 0. The largest absolute Gasteiger partial charge is 1.00 e. The van der Waals surface area contributed by atoms with Gasteiger partial charge in [0.1, 0.15) is 15.9 Å². The van der Waals surface area contributed by atoms with Gasteiger partial charge in [0.05, 0.1) is 4.90 Å². The fourth-order valence-electron chi connectivity index (χ4n) is 0.921. The van der Waals surface area contributed by atoms with Crippen molar-refractivity contribution in [2.75, 3.05) is 13.3 Å². The van der Waals surface area contributed by atoms with Crippen LogP contribution in [0.3, 0.4) is 0 Å². The van der Waals surface area contributed by atoms with Crippen LogP contribution in [0.5, 0.6) is 5.75 Å². The third kappa shape index (κ3) is 5.48. The Morgan fingerprint density at radius 1 is 1.19 bits per heavy atom. The van der Waals surface area contributed by atoms with E-state index in [0.29, 0.717) is 0 Å². The van der Waals surface area contributed by atoms with Crippen molar-refractivity contribution in [3.63, 3.8) is 0 Å². The summed E-state index contributed by atoms with van der Waals surface area (Å²) < 4.78 is 48.0. The molecule has 0 spiro atoms. The van der Waals surface area contributed by atoms with Gasteiger partial charge in [-0.15, -0.1) is 0 Å². The smallest absolute Gasteiger partial charge is 0.744 e. The standard InChI is InChI=1S/C8H11O5PS.Na/c1-14(2,9)13-7-3-5-8(6-4-7)15(10,11)12;/h3-6H,1-2H3,(H,10,11,12);/q;+1/p-1. The van der Waals surface area contributed by atoms with Crippen molar-refractivity contribution in [2.24, 2.45) is 0 Å². The summed E-state index contributed by atoms with van der Waals surface area (Å²) in [7, 11) is -7.11. The fourth-order valence-corrected chi connectivity index (χ4v) is 2.02. The zero-order valence-electron chi connectivity index (χ0n) is 9.21. The maximum Gasteiger partial charge on any atom is 1.00 e. The van der Waals surface area contributed by atoms with Crippen LogP contribution >= 0.6 is 7.37 Å². The van der Waals surface area contributed by atoms with Gasteiger partial charge in [-0.3, -0.25) is 4.57 Å². The Morgan fingerprint density at radius 2 is 1.62 bits per heavy atom. The molecule has 1 aromatic rings. The van der Waals surface area contributed by atoms with Crippen molar-refractivity contribution in [1.82, 2.24) is 0 Å². The molecule has 0 heterocycles. The van der Waals surface area contributed by atoms with E-state index in [4.69, 9.17) is 4.52 Å². The molecule has 0 amide bonds. The van der Waals surface area contributed by atoms with E-state index in [9.17, 15) is 17.5 Å². The minimum atomic E-state index is -4.44. The molecule has 0 atom stereocenters. The fraction of sp³-hybridized carbons (Fsp3) is 0.250. The summed E-state index contributed by atoms with van der Waals surface area (Å²) in [6.45, 7) is 2.87. The van der Waals surface area contributed by atoms with Gasteiger partial charge in [-0.05, 0) is 24.3 Å². The molecule has 8 heteroatoms. The summed E-state index contributed by atoms with van der Waals surface area (Å²) in [5.41, 5.74) is 0. The zero-order chi connectivity index (χ0) is 11.7. The first-order chi connectivity index (χ1) is 6.68. The Morgan fingerprint density at radius 3 is 1.94 bits per heavy atom. The molecule has 84 valence electrons. The monoisotopic (exact) mass is 272 g/mol. The molecule has 0 fully saturated rings. The Balaban J connectivity index is 0.00000225. The van der Waals surface area contributed by atoms with E-state index in [2.05, 4.69) is 0 Å². The molecular formula is C8H10NaO5PS. The normalized spacial score (nSPS) is 11.7. The first-order valence-corrected chi connectivity index (χ1v) is 7.92. The number of benzene rings is 1. The number of rotatable bonds is 3. The molecule has 0 radical (unpaired) electrons. The molecule has 1 aromatic carbocycles. The van der Waals surface area contributed by atoms with Gasteiger partial charge in [-0.1, -0.05) is 0 Å². The predicted molar refractivity (Wildman–Crippen MR) is 54.5 cm³/mol. The second kappa shape index (κ2) is 5.67. The zero-order valence-corrected chi connectivity index (χ0v) is 12.9. The molecule has 0 aliphatic carbocycles. The average molecular weight is 272 g/mol. The molecule has 0 aliphatic rings. The van der Waals surface area contributed by atoms with Crippen LogP contribution in [0.2, 0.25) is 0 Å². The van der Waals surface area contributed by atoms with Crippen molar-refractivity contribution < 1.29 is 51.6 Å². The van der Waals surface area contributed by atoms with Crippen LogP contribution in [0, 0.1) is 0 Å². The number of hydrogen-bond donors (Lipinski definition) is 0. The van der Waals surface area contributed by atoms with E-state index in [0.717, 1.165) is 12.1 Å². The maximum atomic E-state index is 11.3. The molecule has 16 heavy (non-hydrogen) atoms. The van der Waals surface area contributed by atoms with Crippen molar-refractivity contribution in [3.05, 3.63) is 24.3 Å². The van der Waals surface area contributed by atoms with E-state index in [1.165, 1.54) is 25.5 Å². The summed E-state index contributed by atoms with van der Waals surface area (Å²) in [5, 5.41) is 0. The summed E-state index contributed by atoms with van der Waals surface area (Å²) in [4.78, 5) is -0.336. The average Bonchev–Trinajstić information content (AvgIpc) is 2.00. The van der Waals surface area contributed by atoms with Crippen molar-refractivity contribution in [1.29, 1.82) is 0 Å². The molecule has 0 saturated carbocycles. The second-order valence-corrected chi connectivity index (χ2v) is 7.34. The van der Waals surface area contributed by atoms with Crippen LogP contribution < -0.4 is 34.1 Å². The molecule has 0 bridgehead atoms. The van der Waals surface area contributed by atoms with Gasteiger partial charge < -0.3 is 9.08 Å². The van der Waals surface area contributed by atoms with Crippen molar-refractivity contribution in [2.45, 2.75) is 4.90 Å². The molecule has 1 rings (SSSR count). The molecule has 5 nitrogen and oxygen atoms in total. The Bertz CT molecular complexity index is 490. The second-order valence-electron chi connectivity index (χ2n) is 3.27. The SMILES string of the molecule is CP(C)(=O)Oc1ccc(S(=O)(=O)[O-])cc1.[Na+]. The van der Waals surface area contributed by atoms with Gasteiger partial charge >= 0.3 is 29.6 Å². The Labute approximate surface area is 117 Å². The van der Waals surface area contributed by atoms with Gasteiger partial charge in [-0.2, -0.15) is 0 Å². The quantitative estimate of drug-likeness (QED) is 0.380. The molecule has 0 aliphatic heterocycles. The third-order valence-electron chi connectivity index (χ3n) is 1.44. The van der Waals surface area contributed by atoms with Crippen LogP contribution in [0.4, 0.5) is 0 Å². The van der Waals surface area contributed by atoms with E-state index in [1.54, 1.807) is 0 Å². The van der Waals surface area contributed by atoms with Crippen molar-refractivity contribution >= 4 is 17.5 Å². The van der Waals surface area contributed by atoms with Crippen molar-refractivity contribution in [3.8, 4) is 5.75 Å². The van der Waals surface area contributed by atoms with Gasteiger partial charge in [-0.25, -0.2) is 8.42 Å². The van der Waals surface area contributed by atoms with Gasteiger partial charge in [0.2, 0.25) is 7.37 Å². The summed E-state index contributed by atoms with van der Waals surface area (Å²) in [5.74, 6) is 0.274. The summed E-state index contributed by atoms with van der Waals surface area (Å²) >= 11 is 0. The van der Waals surface area contributed by atoms with E-state index < -0.39 is 17.5 Å². The first-order valence-electron chi connectivity index (χ1n) is 3.99. The third-order valence-corrected chi connectivity index (χ3v) is 2.94. The van der Waals surface area contributed by atoms with Gasteiger partial charge in [0, 0.05) is 13.3 Å². The number of hydrogen-bond acceptors (Lipinski definition) is 5. The van der Waals surface area contributed by atoms with Gasteiger partial charge in [0.25, 0.3) is 0 Å². The predicted octanol–water partition coefficient (Wildman–Crippen LogP) is -1.49. The summed E-state index contributed by atoms with van der Waals surface area (Å²) in [6, 6.07) is 4.83. The topological polar surface area (TPSA) is 83.5 Å². The van der Waals surface area contributed by atoms with Crippen LogP contribution in [-0.2, 0) is 14.7 Å². The van der Waals surface area contributed by atoms with Crippen LogP contribution in [0.15, 0.2) is 29.2 Å². The van der Waals surface area contributed by atoms with Gasteiger partial charge in [0.15, 0.2) is 0 Å². The minimum Gasteiger partial charge on any atom is -0.744 e. The first kappa shape index (κ1) is 16.2. The molecular weight excluding hydrogens is 262 g/mol. The van der Waals surface area contributed by atoms with Crippen LogP contribution in [0.1, 0.15) is 0 Å². The van der Waals surface area contributed by atoms with Crippen LogP contribution in [0.25, 0.3) is 0 Å². The Kier molecular flexibility index (Phi) is 5.72. The maximum absolute atomic E-state index is 11.3. The molecule has 0 saturated heterocycles. The summed E-state index contributed by atoms with van der Waals surface area (Å²) in [6.07, 6.45) is 0. The molecule has 0 aromatic heterocycles.